The summed E-state index contributed by atoms with van der Waals surface area (Å²) in [6.07, 6.45) is 3.57. The van der Waals surface area contributed by atoms with Gasteiger partial charge in [-0.15, -0.1) is 0 Å². The van der Waals surface area contributed by atoms with E-state index in [9.17, 15) is 14.4 Å². The highest BCUT2D eigenvalue weighted by Crippen LogP contribution is 2.12. The van der Waals surface area contributed by atoms with Gasteiger partial charge in [-0.25, -0.2) is 4.79 Å². The summed E-state index contributed by atoms with van der Waals surface area (Å²) < 4.78 is 5.02. The molecule has 1 atom stereocenters. The van der Waals surface area contributed by atoms with Crippen LogP contribution in [0.3, 0.4) is 0 Å². The van der Waals surface area contributed by atoms with E-state index < -0.39 is 6.04 Å². The van der Waals surface area contributed by atoms with Gasteiger partial charge in [0.05, 0.1) is 6.61 Å². The first-order chi connectivity index (χ1) is 13.5. The molecule has 154 valence electrons. The lowest BCUT2D eigenvalue weighted by Crippen LogP contribution is -2.52. The molecule has 0 saturated carbocycles. The fourth-order valence-electron chi connectivity index (χ4n) is 3.06. The van der Waals surface area contributed by atoms with Gasteiger partial charge < -0.3 is 20.3 Å². The van der Waals surface area contributed by atoms with E-state index >= 15 is 0 Å². The molecule has 0 spiro atoms. The van der Waals surface area contributed by atoms with Crippen LogP contribution in [0, 0.1) is 0 Å². The van der Waals surface area contributed by atoms with Crippen LogP contribution in [0.25, 0.3) is 0 Å². The highest BCUT2D eigenvalue weighted by molar-refractivity contribution is 7.98. The Bertz CT molecular complexity index is 648. The van der Waals surface area contributed by atoms with Crippen molar-refractivity contribution in [2.75, 3.05) is 31.7 Å². The van der Waals surface area contributed by atoms with Crippen molar-refractivity contribution in [1.82, 2.24) is 15.5 Å². The van der Waals surface area contributed by atoms with Gasteiger partial charge in [-0.2, -0.15) is 11.8 Å². The summed E-state index contributed by atoms with van der Waals surface area (Å²) in [4.78, 5) is 38.6. The maximum absolute atomic E-state index is 12.8. The van der Waals surface area contributed by atoms with E-state index in [-0.39, 0.29) is 23.9 Å². The van der Waals surface area contributed by atoms with Crippen LogP contribution < -0.4 is 10.6 Å². The predicted molar refractivity (Wildman–Crippen MR) is 110 cm³/mol. The lowest BCUT2D eigenvalue weighted by atomic mass is 10.0. The molecular formula is C20H29N3O4S. The van der Waals surface area contributed by atoms with Crippen molar-refractivity contribution in [3.05, 3.63) is 35.9 Å². The summed E-state index contributed by atoms with van der Waals surface area (Å²) in [6.45, 7) is 3.24. The second kappa shape index (κ2) is 11.6. The molecule has 8 heteroatoms. The number of thioether (sulfide) groups is 1. The topological polar surface area (TPSA) is 87.7 Å². The van der Waals surface area contributed by atoms with Crippen LogP contribution in [0.4, 0.5) is 4.79 Å². The average molecular weight is 408 g/mol. The fraction of sp³-hybridized carbons (Fsp3) is 0.550. The van der Waals surface area contributed by atoms with E-state index in [2.05, 4.69) is 10.6 Å². The van der Waals surface area contributed by atoms with Crippen LogP contribution in [-0.2, 0) is 9.53 Å². The summed E-state index contributed by atoms with van der Waals surface area (Å²) in [5, 5.41) is 5.89. The van der Waals surface area contributed by atoms with Crippen molar-refractivity contribution >= 4 is 29.7 Å². The molecule has 1 aliphatic rings. The number of nitrogens with zero attached hydrogens (tertiary/aromatic N) is 1. The normalized spacial score (nSPS) is 15.6. The minimum Gasteiger partial charge on any atom is -0.450 e. The van der Waals surface area contributed by atoms with E-state index in [1.807, 2.05) is 12.3 Å². The number of hydrogen-bond donors (Lipinski definition) is 2. The summed E-state index contributed by atoms with van der Waals surface area (Å²) in [5.74, 6) is 0.348. The van der Waals surface area contributed by atoms with Crippen molar-refractivity contribution < 1.29 is 19.1 Å². The van der Waals surface area contributed by atoms with Gasteiger partial charge in [-0.05, 0) is 50.3 Å². The van der Waals surface area contributed by atoms with Crippen molar-refractivity contribution in [3.8, 4) is 0 Å². The fourth-order valence-corrected chi connectivity index (χ4v) is 3.53. The summed E-state index contributed by atoms with van der Waals surface area (Å²) in [6, 6.07) is 8.30. The van der Waals surface area contributed by atoms with Gasteiger partial charge in [0.1, 0.15) is 6.04 Å². The summed E-state index contributed by atoms with van der Waals surface area (Å²) in [7, 11) is 0. The number of benzene rings is 1. The Morgan fingerprint density at radius 1 is 1.21 bits per heavy atom. The standard InChI is InChI=1S/C20H29N3O4S/c1-3-27-20(26)23-12-9-16(10-13-23)21-19(25)17(11-14-28-2)22-18(24)15-7-5-4-6-8-15/h4-8,16-17H,3,9-14H2,1-2H3,(H,21,25)(H,22,24). The highest BCUT2D eigenvalue weighted by atomic mass is 32.2. The van der Waals surface area contributed by atoms with Gasteiger partial charge in [0.25, 0.3) is 5.91 Å². The van der Waals surface area contributed by atoms with E-state index in [1.165, 1.54) is 0 Å². The second-order valence-corrected chi connectivity index (χ2v) is 7.63. The molecule has 7 nitrogen and oxygen atoms in total. The molecule has 3 amide bonds. The van der Waals surface area contributed by atoms with Crippen molar-refractivity contribution in [3.63, 3.8) is 0 Å². The Labute approximate surface area is 170 Å². The van der Waals surface area contributed by atoms with Gasteiger partial charge in [-0.1, -0.05) is 18.2 Å². The van der Waals surface area contributed by atoms with E-state index in [0.29, 0.717) is 44.5 Å². The largest absolute Gasteiger partial charge is 0.450 e. The molecule has 1 saturated heterocycles. The lowest BCUT2D eigenvalue weighted by molar-refractivity contribution is -0.124. The Kier molecular flexibility index (Phi) is 9.13. The molecule has 0 radical (unpaired) electrons. The molecule has 0 aromatic heterocycles. The van der Waals surface area contributed by atoms with Gasteiger partial charge in [-0.3, -0.25) is 9.59 Å². The zero-order valence-corrected chi connectivity index (χ0v) is 17.3. The lowest BCUT2D eigenvalue weighted by Gasteiger charge is -2.32. The van der Waals surface area contributed by atoms with Crippen LogP contribution in [-0.4, -0.2) is 66.6 Å². The molecule has 28 heavy (non-hydrogen) atoms. The molecule has 0 aliphatic carbocycles. The molecule has 1 fully saturated rings. The molecular weight excluding hydrogens is 378 g/mol. The Balaban J connectivity index is 1.89. The van der Waals surface area contributed by atoms with Crippen molar-refractivity contribution in [2.45, 2.75) is 38.3 Å². The average Bonchev–Trinajstić information content (AvgIpc) is 2.72. The van der Waals surface area contributed by atoms with Gasteiger partial charge in [0.15, 0.2) is 0 Å². The smallest absolute Gasteiger partial charge is 0.409 e. The minimum atomic E-state index is -0.580. The monoisotopic (exact) mass is 407 g/mol. The van der Waals surface area contributed by atoms with Crippen LogP contribution in [0.5, 0.6) is 0 Å². The van der Waals surface area contributed by atoms with E-state index in [0.717, 1.165) is 5.75 Å². The predicted octanol–water partition coefficient (Wildman–Crippen LogP) is 2.28. The van der Waals surface area contributed by atoms with Crippen LogP contribution >= 0.6 is 11.8 Å². The molecule has 0 bridgehead atoms. The third-order valence-corrected chi connectivity index (χ3v) is 5.28. The molecule has 1 aliphatic heterocycles. The first kappa shape index (κ1) is 22.1. The summed E-state index contributed by atoms with van der Waals surface area (Å²) in [5.41, 5.74) is 0.534. The second-order valence-electron chi connectivity index (χ2n) is 6.64. The maximum Gasteiger partial charge on any atom is 0.409 e. The zero-order valence-electron chi connectivity index (χ0n) is 16.5. The highest BCUT2D eigenvalue weighted by Gasteiger charge is 2.27. The molecule has 1 heterocycles. The van der Waals surface area contributed by atoms with Crippen molar-refractivity contribution in [2.24, 2.45) is 0 Å². The van der Waals surface area contributed by atoms with Gasteiger partial charge in [0.2, 0.25) is 5.91 Å². The molecule has 1 unspecified atom stereocenters. The summed E-state index contributed by atoms with van der Waals surface area (Å²) >= 11 is 1.64. The molecule has 2 rings (SSSR count). The van der Waals surface area contributed by atoms with Crippen LogP contribution in [0.1, 0.15) is 36.5 Å². The number of amides is 3. The Hall–Kier alpha value is -2.22. The van der Waals surface area contributed by atoms with E-state index in [1.54, 1.807) is 47.9 Å². The third-order valence-electron chi connectivity index (χ3n) is 4.64. The number of piperidine rings is 1. The number of nitrogens with one attached hydrogen (secondary N) is 2. The maximum atomic E-state index is 12.8. The van der Waals surface area contributed by atoms with Crippen molar-refractivity contribution in [1.29, 1.82) is 0 Å². The zero-order chi connectivity index (χ0) is 20.4. The van der Waals surface area contributed by atoms with Gasteiger partial charge in [0, 0.05) is 24.7 Å². The SMILES string of the molecule is CCOC(=O)N1CCC(NC(=O)C(CCSC)NC(=O)c2ccccc2)CC1. The minimum absolute atomic E-state index is 0.0106. The molecule has 1 aromatic carbocycles. The number of likely N-dealkylation sites (tertiary alicyclic amines) is 1. The number of rotatable bonds is 8. The van der Waals surface area contributed by atoms with Crippen LogP contribution in [0.2, 0.25) is 0 Å². The number of hydrogen-bond acceptors (Lipinski definition) is 5. The first-order valence-electron chi connectivity index (χ1n) is 9.62. The Morgan fingerprint density at radius 3 is 2.50 bits per heavy atom. The Morgan fingerprint density at radius 2 is 1.89 bits per heavy atom. The van der Waals surface area contributed by atoms with E-state index in [4.69, 9.17) is 4.74 Å². The van der Waals surface area contributed by atoms with Gasteiger partial charge >= 0.3 is 6.09 Å². The molecule has 2 N–H and O–H groups in total. The molecule has 1 aromatic rings. The third kappa shape index (κ3) is 6.74. The quantitative estimate of drug-likeness (QED) is 0.690. The number of carbonyl (C=O) groups is 3. The number of ether oxygens (including phenoxy) is 1. The van der Waals surface area contributed by atoms with Crippen LogP contribution in [0.15, 0.2) is 30.3 Å². The first-order valence-corrected chi connectivity index (χ1v) is 11.0. The number of carbonyl (C=O) groups excluding carboxylic acids is 3.